The molecule has 1 N–H and O–H groups in total. The first-order chi connectivity index (χ1) is 7.19. The molecule has 0 heterocycles. The minimum atomic E-state index is -0.122. The van der Waals surface area contributed by atoms with E-state index in [-0.39, 0.29) is 11.9 Å². The predicted octanol–water partition coefficient (Wildman–Crippen LogP) is 3.66. The molecule has 0 saturated heterocycles. The van der Waals surface area contributed by atoms with E-state index in [1.54, 1.807) is 6.07 Å². The number of hydrogen-bond donors (Lipinski definition) is 1. The van der Waals surface area contributed by atoms with Crippen LogP contribution in [0.15, 0.2) is 24.3 Å². The predicted molar refractivity (Wildman–Crippen MR) is 62.3 cm³/mol. The van der Waals surface area contributed by atoms with E-state index in [4.69, 9.17) is 0 Å². The smallest absolute Gasteiger partial charge is 0.127 e. The van der Waals surface area contributed by atoms with Gasteiger partial charge in [0, 0.05) is 17.6 Å². The van der Waals surface area contributed by atoms with Gasteiger partial charge in [-0.25, -0.2) is 4.39 Å². The zero-order valence-electron chi connectivity index (χ0n) is 9.76. The van der Waals surface area contributed by atoms with Gasteiger partial charge in [-0.15, -0.1) is 0 Å². The summed E-state index contributed by atoms with van der Waals surface area (Å²) in [5.74, 6) is -0.122. The first-order valence-electron chi connectivity index (χ1n) is 5.69. The molecule has 84 valence electrons. The monoisotopic (exact) mass is 209 g/mol. The van der Waals surface area contributed by atoms with Crippen LogP contribution < -0.4 is 5.32 Å². The Morgan fingerprint density at radius 2 is 1.80 bits per heavy atom. The third-order valence-corrected chi connectivity index (χ3v) is 2.84. The Morgan fingerprint density at radius 3 is 2.33 bits per heavy atom. The summed E-state index contributed by atoms with van der Waals surface area (Å²) in [5.41, 5.74) is 0.754. The van der Waals surface area contributed by atoms with Crippen molar-refractivity contribution in [2.45, 2.75) is 45.7 Å². The maximum absolute atomic E-state index is 13.5. The van der Waals surface area contributed by atoms with Crippen LogP contribution in [0.2, 0.25) is 0 Å². The maximum Gasteiger partial charge on any atom is 0.127 e. The van der Waals surface area contributed by atoms with Crippen molar-refractivity contribution in [1.82, 2.24) is 5.32 Å². The second kappa shape index (κ2) is 5.86. The SMILES string of the molecule is CCC(CC)NC(C)c1ccccc1F. The lowest BCUT2D eigenvalue weighted by molar-refractivity contribution is 0.422. The summed E-state index contributed by atoms with van der Waals surface area (Å²) in [6, 6.07) is 7.51. The third kappa shape index (κ3) is 3.31. The summed E-state index contributed by atoms with van der Waals surface area (Å²) in [6.07, 6.45) is 2.16. The Bertz CT molecular complexity index is 294. The van der Waals surface area contributed by atoms with E-state index in [0.29, 0.717) is 6.04 Å². The summed E-state index contributed by atoms with van der Waals surface area (Å²) >= 11 is 0. The van der Waals surface area contributed by atoms with Gasteiger partial charge >= 0.3 is 0 Å². The van der Waals surface area contributed by atoms with Gasteiger partial charge in [0.1, 0.15) is 5.82 Å². The third-order valence-electron chi connectivity index (χ3n) is 2.84. The molecule has 0 aliphatic rings. The summed E-state index contributed by atoms with van der Waals surface area (Å²) < 4.78 is 13.5. The van der Waals surface area contributed by atoms with Crippen LogP contribution in [0.3, 0.4) is 0 Å². The molecular weight excluding hydrogens is 189 g/mol. The van der Waals surface area contributed by atoms with Crippen molar-refractivity contribution in [3.63, 3.8) is 0 Å². The van der Waals surface area contributed by atoms with Gasteiger partial charge in [-0.2, -0.15) is 0 Å². The number of halogens is 1. The van der Waals surface area contributed by atoms with E-state index in [1.165, 1.54) is 6.07 Å². The van der Waals surface area contributed by atoms with Crippen LogP contribution in [-0.2, 0) is 0 Å². The van der Waals surface area contributed by atoms with Gasteiger partial charge in [-0.3, -0.25) is 0 Å². The molecule has 1 atom stereocenters. The molecule has 15 heavy (non-hydrogen) atoms. The minimum absolute atomic E-state index is 0.0797. The van der Waals surface area contributed by atoms with Crippen molar-refractivity contribution in [2.24, 2.45) is 0 Å². The largest absolute Gasteiger partial charge is 0.307 e. The minimum Gasteiger partial charge on any atom is -0.307 e. The molecule has 0 radical (unpaired) electrons. The average Bonchev–Trinajstić information content (AvgIpc) is 2.26. The fraction of sp³-hybridized carbons (Fsp3) is 0.538. The van der Waals surface area contributed by atoms with Crippen LogP contribution in [0.5, 0.6) is 0 Å². The van der Waals surface area contributed by atoms with Crippen molar-refractivity contribution < 1.29 is 4.39 Å². The summed E-state index contributed by atoms with van der Waals surface area (Å²) in [7, 11) is 0. The fourth-order valence-corrected chi connectivity index (χ4v) is 1.79. The highest BCUT2D eigenvalue weighted by Gasteiger charge is 2.12. The molecular formula is C13H20FN. The molecule has 1 nitrogen and oxygen atoms in total. The molecule has 0 bridgehead atoms. The molecule has 0 amide bonds. The van der Waals surface area contributed by atoms with Crippen LogP contribution in [0.25, 0.3) is 0 Å². The molecule has 1 unspecified atom stereocenters. The molecule has 0 saturated carbocycles. The lowest BCUT2D eigenvalue weighted by atomic mass is 10.1. The van der Waals surface area contributed by atoms with Gasteiger partial charge < -0.3 is 5.32 Å². The van der Waals surface area contributed by atoms with Gasteiger partial charge in [0.05, 0.1) is 0 Å². The van der Waals surface area contributed by atoms with Gasteiger partial charge in [0.25, 0.3) is 0 Å². The lowest BCUT2D eigenvalue weighted by Gasteiger charge is -2.21. The highest BCUT2D eigenvalue weighted by atomic mass is 19.1. The van der Waals surface area contributed by atoms with Crippen LogP contribution in [0, 0.1) is 5.82 Å². The molecule has 0 aromatic heterocycles. The second-order valence-electron chi connectivity index (χ2n) is 3.92. The molecule has 0 aliphatic heterocycles. The van der Waals surface area contributed by atoms with E-state index < -0.39 is 0 Å². The van der Waals surface area contributed by atoms with Gasteiger partial charge in [-0.05, 0) is 25.8 Å². The second-order valence-corrected chi connectivity index (χ2v) is 3.92. The highest BCUT2D eigenvalue weighted by molar-refractivity contribution is 5.20. The molecule has 1 aromatic carbocycles. The fourth-order valence-electron chi connectivity index (χ4n) is 1.79. The van der Waals surface area contributed by atoms with E-state index in [9.17, 15) is 4.39 Å². The van der Waals surface area contributed by atoms with Crippen molar-refractivity contribution in [3.05, 3.63) is 35.6 Å². The maximum atomic E-state index is 13.5. The Balaban J connectivity index is 2.68. The molecule has 2 heteroatoms. The lowest BCUT2D eigenvalue weighted by Crippen LogP contribution is -2.30. The molecule has 0 fully saturated rings. The average molecular weight is 209 g/mol. The molecule has 0 spiro atoms. The summed E-state index contributed by atoms with van der Waals surface area (Å²) in [5, 5.41) is 3.43. The van der Waals surface area contributed by atoms with Crippen LogP contribution >= 0.6 is 0 Å². The zero-order valence-corrected chi connectivity index (χ0v) is 9.76. The van der Waals surface area contributed by atoms with Crippen molar-refractivity contribution >= 4 is 0 Å². The molecule has 0 aliphatic carbocycles. The van der Waals surface area contributed by atoms with E-state index >= 15 is 0 Å². The van der Waals surface area contributed by atoms with E-state index in [2.05, 4.69) is 19.2 Å². The Kier molecular flexibility index (Phi) is 4.76. The topological polar surface area (TPSA) is 12.0 Å². The van der Waals surface area contributed by atoms with E-state index in [1.807, 2.05) is 19.1 Å². The van der Waals surface area contributed by atoms with Crippen molar-refractivity contribution in [3.8, 4) is 0 Å². The quantitative estimate of drug-likeness (QED) is 0.780. The number of hydrogen-bond acceptors (Lipinski definition) is 1. The zero-order chi connectivity index (χ0) is 11.3. The van der Waals surface area contributed by atoms with Gasteiger partial charge in [0.15, 0.2) is 0 Å². The molecule has 1 aromatic rings. The van der Waals surface area contributed by atoms with Crippen molar-refractivity contribution in [1.29, 1.82) is 0 Å². The Hall–Kier alpha value is -0.890. The van der Waals surface area contributed by atoms with Gasteiger partial charge in [-0.1, -0.05) is 32.0 Å². The normalized spacial score (nSPS) is 13.1. The Morgan fingerprint density at radius 1 is 1.20 bits per heavy atom. The van der Waals surface area contributed by atoms with Gasteiger partial charge in [0.2, 0.25) is 0 Å². The van der Waals surface area contributed by atoms with Crippen LogP contribution in [-0.4, -0.2) is 6.04 Å². The number of nitrogens with one attached hydrogen (secondary N) is 1. The Labute approximate surface area is 91.7 Å². The van der Waals surface area contributed by atoms with Crippen molar-refractivity contribution in [2.75, 3.05) is 0 Å². The number of benzene rings is 1. The summed E-state index contributed by atoms with van der Waals surface area (Å²) in [6.45, 7) is 6.31. The number of rotatable bonds is 5. The van der Waals surface area contributed by atoms with Crippen LogP contribution in [0.4, 0.5) is 4.39 Å². The van der Waals surface area contributed by atoms with E-state index in [0.717, 1.165) is 18.4 Å². The first kappa shape index (κ1) is 12.2. The first-order valence-corrected chi connectivity index (χ1v) is 5.69. The standard InChI is InChI=1S/C13H20FN/c1-4-11(5-2)15-10(3)12-8-6-7-9-13(12)14/h6-11,15H,4-5H2,1-3H3. The molecule has 1 rings (SSSR count). The van der Waals surface area contributed by atoms with Crippen LogP contribution in [0.1, 0.15) is 45.2 Å². The summed E-state index contributed by atoms with van der Waals surface area (Å²) in [4.78, 5) is 0. The highest BCUT2D eigenvalue weighted by Crippen LogP contribution is 2.17.